The van der Waals surface area contributed by atoms with Gasteiger partial charge in [-0.05, 0) is 31.2 Å². The van der Waals surface area contributed by atoms with E-state index in [0.717, 1.165) is 5.56 Å². The number of hydrogen-bond donors (Lipinski definition) is 1. The van der Waals surface area contributed by atoms with Crippen molar-refractivity contribution in [2.45, 2.75) is 13.3 Å². The van der Waals surface area contributed by atoms with Crippen LogP contribution in [0.5, 0.6) is 0 Å². The molecule has 0 unspecified atom stereocenters. The molecule has 0 fully saturated rings. The number of aromatic nitrogens is 1. The van der Waals surface area contributed by atoms with Crippen LogP contribution in [-0.2, 0) is 11.2 Å². The Hall–Kier alpha value is -2.69. The van der Waals surface area contributed by atoms with Crippen molar-refractivity contribution < 1.29 is 14.7 Å². The predicted molar refractivity (Wildman–Crippen MR) is 72.1 cm³/mol. The van der Waals surface area contributed by atoms with Gasteiger partial charge >= 0.3 is 0 Å². The summed E-state index contributed by atoms with van der Waals surface area (Å²) in [5, 5.41) is 13.6. The van der Waals surface area contributed by atoms with Crippen molar-refractivity contribution in [3.8, 4) is 0 Å². The summed E-state index contributed by atoms with van der Waals surface area (Å²) in [5.74, 6) is -1.66. The van der Waals surface area contributed by atoms with Crippen LogP contribution in [0.2, 0.25) is 0 Å². The Labute approximate surface area is 116 Å². The zero-order valence-electron chi connectivity index (χ0n) is 10.9. The molecule has 102 valence electrons. The maximum Gasteiger partial charge on any atom is 0.230 e. The highest BCUT2D eigenvalue weighted by Crippen LogP contribution is 2.10. The first kappa shape index (κ1) is 13.7. The van der Waals surface area contributed by atoms with Gasteiger partial charge in [0.2, 0.25) is 5.91 Å². The largest absolute Gasteiger partial charge is 0.545 e. The van der Waals surface area contributed by atoms with E-state index >= 15 is 0 Å². The average Bonchev–Trinajstić information content (AvgIpc) is 2.41. The summed E-state index contributed by atoms with van der Waals surface area (Å²) >= 11 is 0. The summed E-state index contributed by atoms with van der Waals surface area (Å²) < 4.78 is 0. The van der Waals surface area contributed by atoms with Crippen molar-refractivity contribution >= 4 is 17.6 Å². The van der Waals surface area contributed by atoms with Gasteiger partial charge < -0.3 is 15.2 Å². The summed E-state index contributed by atoms with van der Waals surface area (Å²) in [7, 11) is 0. The van der Waals surface area contributed by atoms with E-state index < -0.39 is 5.97 Å². The zero-order chi connectivity index (χ0) is 14.5. The van der Waals surface area contributed by atoms with Crippen LogP contribution in [0.15, 0.2) is 42.6 Å². The minimum Gasteiger partial charge on any atom is -0.545 e. The SMILES string of the molecule is Cc1ccc(NC(=O)Cc2ncccc2C(=O)[O-])cc1. The third-order valence-electron chi connectivity index (χ3n) is 2.77. The van der Waals surface area contributed by atoms with Gasteiger partial charge in [-0.1, -0.05) is 17.7 Å². The second-order valence-corrected chi connectivity index (χ2v) is 4.38. The Morgan fingerprint density at radius 2 is 1.90 bits per heavy atom. The third kappa shape index (κ3) is 3.41. The molecule has 20 heavy (non-hydrogen) atoms. The van der Waals surface area contributed by atoms with Crippen LogP contribution in [0.1, 0.15) is 21.6 Å². The monoisotopic (exact) mass is 269 g/mol. The molecule has 0 saturated heterocycles. The van der Waals surface area contributed by atoms with Crippen molar-refractivity contribution in [1.29, 1.82) is 0 Å². The molecule has 1 heterocycles. The molecule has 0 aliphatic carbocycles. The van der Waals surface area contributed by atoms with E-state index in [4.69, 9.17) is 0 Å². The van der Waals surface area contributed by atoms with Gasteiger partial charge in [0.05, 0.1) is 18.1 Å². The van der Waals surface area contributed by atoms with Gasteiger partial charge in [0.25, 0.3) is 0 Å². The fourth-order valence-corrected chi connectivity index (χ4v) is 1.76. The summed E-state index contributed by atoms with van der Waals surface area (Å²) in [6, 6.07) is 10.2. The van der Waals surface area contributed by atoms with Gasteiger partial charge in [0.1, 0.15) is 0 Å². The number of amides is 1. The summed E-state index contributed by atoms with van der Waals surface area (Å²) in [5.41, 5.74) is 1.88. The van der Waals surface area contributed by atoms with Crippen LogP contribution in [0, 0.1) is 6.92 Å². The normalized spacial score (nSPS) is 10.1. The van der Waals surface area contributed by atoms with Crippen LogP contribution < -0.4 is 10.4 Å². The fourth-order valence-electron chi connectivity index (χ4n) is 1.76. The van der Waals surface area contributed by atoms with Crippen molar-refractivity contribution in [3.05, 3.63) is 59.4 Å². The Morgan fingerprint density at radius 3 is 2.55 bits per heavy atom. The number of hydrogen-bond acceptors (Lipinski definition) is 4. The lowest BCUT2D eigenvalue weighted by atomic mass is 10.1. The highest BCUT2D eigenvalue weighted by atomic mass is 16.4. The second-order valence-electron chi connectivity index (χ2n) is 4.38. The van der Waals surface area contributed by atoms with Gasteiger partial charge in [-0.15, -0.1) is 0 Å². The topological polar surface area (TPSA) is 82.1 Å². The number of rotatable bonds is 4. The Kier molecular flexibility index (Phi) is 4.10. The van der Waals surface area contributed by atoms with E-state index in [1.54, 1.807) is 12.1 Å². The Morgan fingerprint density at radius 1 is 1.20 bits per heavy atom. The number of aromatic carboxylic acids is 1. The maximum atomic E-state index is 11.9. The molecule has 5 heteroatoms. The number of aryl methyl sites for hydroxylation is 1. The molecule has 0 spiro atoms. The number of benzene rings is 1. The molecule has 0 aliphatic rings. The zero-order valence-corrected chi connectivity index (χ0v) is 10.9. The molecule has 0 saturated carbocycles. The minimum absolute atomic E-state index is 0.0634. The minimum atomic E-state index is -1.34. The number of carboxylic acid groups (broad SMARTS) is 1. The molecule has 2 rings (SSSR count). The highest BCUT2D eigenvalue weighted by Gasteiger charge is 2.10. The van der Waals surface area contributed by atoms with Gasteiger partial charge in [-0.3, -0.25) is 9.78 Å². The van der Waals surface area contributed by atoms with Crippen molar-refractivity contribution in [2.75, 3.05) is 5.32 Å². The molecule has 1 aromatic heterocycles. The van der Waals surface area contributed by atoms with Crippen molar-refractivity contribution in [1.82, 2.24) is 4.98 Å². The summed E-state index contributed by atoms with van der Waals surface area (Å²) in [6.45, 7) is 1.95. The number of carbonyl (C=O) groups is 2. The molecule has 1 amide bonds. The molecular formula is C15H13N2O3-. The van der Waals surface area contributed by atoms with E-state index in [0.29, 0.717) is 5.69 Å². The smallest absolute Gasteiger partial charge is 0.230 e. The first-order valence-corrected chi connectivity index (χ1v) is 6.08. The third-order valence-corrected chi connectivity index (χ3v) is 2.77. The number of carbonyl (C=O) groups excluding carboxylic acids is 2. The number of carboxylic acids is 1. The molecule has 0 aliphatic heterocycles. The van der Waals surface area contributed by atoms with Crippen LogP contribution in [0.3, 0.4) is 0 Å². The molecule has 1 aromatic carbocycles. The molecule has 0 atom stereocenters. The summed E-state index contributed by atoms with van der Waals surface area (Å²) in [4.78, 5) is 26.7. The molecule has 1 N–H and O–H groups in total. The predicted octanol–water partition coefficient (Wildman–Crippen LogP) is 0.935. The number of nitrogens with one attached hydrogen (secondary N) is 1. The lowest BCUT2D eigenvalue weighted by molar-refractivity contribution is -0.255. The van der Waals surface area contributed by atoms with E-state index in [-0.39, 0.29) is 23.6 Å². The van der Waals surface area contributed by atoms with Crippen LogP contribution in [0.25, 0.3) is 0 Å². The van der Waals surface area contributed by atoms with Crippen LogP contribution >= 0.6 is 0 Å². The molecule has 5 nitrogen and oxygen atoms in total. The maximum absolute atomic E-state index is 11.9. The molecule has 0 bridgehead atoms. The Balaban J connectivity index is 2.08. The fraction of sp³-hybridized carbons (Fsp3) is 0.133. The average molecular weight is 269 g/mol. The van der Waals surface area contributed by atoms with Crippen molar-refractivity contribution in [3.63, 3.8) is 0 Å². The van der Waals surface area contributed by atoms with Crippen molar-refractivity contribution in [2.24, 2.45) is 0 Å². The quantitative estimate of drug-likeness (QED) is 0.895. The summed E-state index contributed by atoms with van der Waals surface area (Å²) in [6.07, 6.45) is 1.33. The molecular weight excluding hydrogens is 256 g/mol. The van der Waals surface area contributed by atoms with Gasteiger partial charge in [0.15, 0.2) is 0 Å². The second kappa shape index (κ2) is 5.97. The number of anilines is 1. The highest BCUT2D eigenvalue weighted by molar-refractivity contribution is 5.94. The molecule has 2 aromatic rings. The van der Waals surface area contributed by atoms with E-state index in [1.807, 2.05) is 19.1 Å². The molecule has 0 radical (unpaired) electrons. The van der Waals surface area contributed by atoms with E-state index in [9.17, 15) is 14.7 Å². The number of nitrogens with zero attached hydrogens (tertiary/aromatic N) is 1. The lowest BCUT2D eigenvalue weighted by Crippen LogP contribution is -2.26. The van der Waals surface area contributed by atoms with Gasteiger partial charge in [0, 0.05) is 17.4 Å². The van der Waals surface area contributed by atoms with E-state index in [2.05, 4.69) is 10.3 Å². The number of pyridine rings is 1. The van der Waals surface area contributed by atoms with Gasteiger partial charge in [-0.25, -0.2) is 0 Å². The first-order chi connectivity index (χ1) is 9.56. The van der Waals surface area contributed by atoms with E-state index in [1.165, 1.54) is 18.3 Å². The van der Waals surface area contributed by atoms with Gasteiger partial charge in [-0.2, -0.15) is 0 Å². The Bertz CT molecular complexity index is 636. The lowest BCUT2D eigenvalue weighted by Gasteiger charge is -2.09. The van der Waals surface area contributed by atoms with Crippen LogP contribution in [-0.4, -0.2) is 16.9 Å². The van der Waals surface area contributed by atoms with Crippen LogP contribution in [0.4, 0.5) is 5.69 Å². The standard InChI is InChI=1S/C15H14N2O3/c1-10-4-6-11(7-5-10)17-14(18)9-13-12(15(19)20)3-2-8-16-13/h2-8H,9H2,1H3,(H,17,18)(H,19,20)/p-1. The first-order valence-electron chi connectivity index (χ1n) is 6.08.